The average molecular weight is 483 g/mol. The van der Waals surface area contributed by atoms with E-state index in [2.05, 4.69) is 96.9 Å². The Labute approximate surface area is 215 Å². The molecule has 0 spiro atoms. The van der Waals surface area contributed by atoms with Crippen LogP contribution in [0.2, 0.25) is 0 Å². The monoisotopic (exact) mass is 482 g/mol. The Morgan fingerprint density at radius 3 is 2.44 bits per heavy atom. The van der Waals surface area contributed by atoms with Gasteiger partial charge < -0.3 is 20.4 Å². The van der Waals surface area contributed by atoms with Crippen molar-refractivity contribution in [3.8, 4) is 11.1 Å². The van der Waals surface area contributed by atoms with Gasteiger partial charge in [-0.05, 0) is 75.0 Å². The van der Waals surface area contributed by atoms with E-state index in [0.29, 0.717) is 0 Å². The number of hydrogen-bond donors (Lipinski definition) is 2. The topological polar surface area (TPSA) is 47.6 Å². The van der Waals surface area contributed by atoms with Crippen molar-refractivity contribution in [1.82, 2.24) is 10.2 Å². The molecule has 0 aliphatic carbocycles. The maximum absolute atomic E-state index is 13.6. The first-order chi connectivity index (χ1) is 17.4. The van der Waals surface area contributed by atoms with Gasteiger partial charge in [0.05, 0.1) is 0 Å². The fourth-order valence-corrected chi connectivity index (χ4v) is 4.67. The summed E-state index contributed by atoms with van der Waals surface area (Å²) in [5.41, 5.74) is 8.50. The molecule has 0 atom stereocenters. The number of hydrogen-bond acceptors (Lipinski definition) is 5. The van der Waals surface area contributed by atoms with Crippen LogP contribution in [0.1, 0.15) is 27.0 Å². The van der Waals surface area contributed by atoms with Crippen molar-refractivity contribution < 1.29 is 4.79 Å². The van der Waals surface area contributed by atoms with Crippen LogP contribution >= 0.6 is 0 Å². The molecule has 2 N–H and O–H groups in total. The number of ketones is 1. The number of aryl methyl sites for hydroxylation is 2. The van der Waals surface area contributed by atoms with E-state index in [1.165, 1.54) is 11.1 Å². The fourth-order valence-electron chi connectivity index (χ4n) is 4.67. The van der Waals surface area contributed by atoms with Crippen molar-refractivity contribution >= 4 is 23.2 Å². The van der Waals surface area contributed by atoms with Crippen LogP contribution in [-0.4, -0.2) is 64.0 Å². The van der Waals surface area contributed by atoms with E-state index >= 15 is 0 Å². The molecule has 36 heavy (non-hydrogen) atoms. The highest BCUT2D eigenvalue weighted by atomic mass is 16.1. The first kappa shape index (κ1) is 25.7. The molecule has 0 amide bonds. The summed E-state index contributed by atoms with van der Waals surface area (Å²) >= 11 is 0. The van der Waals surface area contributed by atoms with Gasteiger partial charge in [-0.2, -0.15) is 0 Å². The number of allylic oxidation sites excluding steroid dienone is 1. The predicted molar refractivity (Wildman–Crippen MR) is 153 cm³/mol. The zero-order valence-corrected chi connectivity index (χ0v) is 22.0. The molecule has 1 heterocycles. The Morgan fingerprint density at radius 1 is 0.972 bits per heavy atom. The number of carbonyl (C=O) groups is 1. The van der Waals surface area contributed by atoms with Gasteiger partial charge in [0.2, 0.25) is 0 Å². The molecular formula is C31H38N4O. The summed E-state index contributed by atoms with van der Waals surface area (Å²) in [6.45, 7) is 9.71. The van der Waals surface area contributed by atoms with E-state index in [0.717, 1.165) is 72.9 Å². The Bertz CT molecular complexity index is 1200. The normalized spacial score (nSPS) is 14.0. The number of piperazine rings is 1. The smallest absolute Gasteiger partial charge is 0.187 e. The molecule has 0 radical (unpaired) electrons. The number of anilines is 2. The highest BCUT2D eigenvalue weighted by Crippen LogP contribution is 2.30. The van der Waals surface area contributed by atoms with Gasteiger partial charge in [0.15, 0.2) is 5.78 Å². The molecule has 0 aromatic heterocycles. The van der Waals surface area contributed by atoms with Crippen LogP contribution < -0.4 is 15.5 Å². The van der Waals surface area contributed by atoms with E-state index in [1.54, 1.807) is 6.08 Å². The summed E-state index contributed by atoms with van der Waals surface area (Å²) in [6.07, 6.45) is 3.63. The summed E-state index contributed by atoms with van der Waals surface area (Å²) < 4.78 is 0. The number of rotatable bonds is 9. The molecule has 0 saturated carbocycles. The number of nitrogens with one attached hydrogen (secondary N) is 2. The molecule has 188 valence electrons. The highest BCUT2D eigenvalue weighted by Gasteiger charge is 2.18. The minimum absolute atomic E-state index is 0.0285. The minimum atomic E-state index is 0.0285. The lowest BCUT2D eigenvalue weighted by atomic mass is 9.96. The van der Waals surface area contributed by atoms with E-state index < -0.39 is 0 Å². The molecule has 0 unspecified atom stereocenters. The van der Waals surface area contributed by atoms with Gasteiger partial charge in [-0.25, -0.2) is 0 Å². The second-order valence-corrected chi connectivity index (χ2v) is 9.90. The van der Waals surface area contributed by atoms with Crippen LogP contribution in [-0.2, 0) is 0 Å². The van der Waals surface area contributed by atoms with Gasteiger partial charge in [-0.1, -0.05) is 53.6 Å². The Balaban J connectivity index is 1.61. The van der Waals surface area contributed by atoms with Crippen LogP contribution in [0.25, 0.3) is 17.2 Å². The Kier molecular flexibility index (Phi) is 8.57. The highest BCUT2D eigenvalue weighted by molar-refractivity contribution is 6.11. The van der Waals surface area contributed by atoms with Crippen molar-refractivity contribution in [2.24, 2.45) is 0 Å². The number of likely N-dealkylation sites (N-methyl/N-ethyl adjacent to an activating group) is 1. The maximum atomic E-state index is 13.6. The average Bonchev–Trinajstić information content (AvgIpc) is 2.87. The second-order valence-electron chi connectivity index (χ2n) is 9.90. The maximum Gasteiger partial charge on any atom is 0.187 e. The van der Waals surface area contributed by atoms with Crippen molar-refractivity contribution in [2.75, 3.05) is 63.6 Å². The van der Waals surface area contributed by atoms with E-state index in [-0.39, 0.29) is 5.78 Å². The summed E-state index contributed by atoms with van der Waals surface area (Å²) in [7, 11) is 4.13. The summed E-state index contributed by atoms with van der Waals surface area (Å²) in [5.74, 6) is 0.0285. The van der Waals surface area contributed by atoms with Crippen molar-refractivity contribution in [2.45, 2.75) is 13.8 Å². The summed E-state index contributed by atoms with van der Waals surface area (Å²) in [5, 5.41) is 6.86. The lowest BCUT2D eigenvalue weighted by Crippen LogP contribution is -2.44. The molecule has 3 aromatic rings. The molecule has 3 aromatic carbocycles. The van der Waals surface area contributed by atoms with E-state index in [9.17, 15) is 4.79 Å². The quantitative estimate of drug-likeness (QED) is 0.322. The standard InChI is InChI=1S/C31H38N4O/c1-23-18-24(2)20-27(19-23)26-9-10-30(35-16-12-32-13-17-35)29(22-26)31(36)11-8-25-6-5-7-28(21-25)33-14-15-34(3)4/h5-11,18-22,32-33H,12-17H2,1-4H3/b11-8+. The largest absolute Gasteiger partial charge is 0.384 e. The van der Waals surface area contributed by atoms with Gasteiger partial charge in [0.25, 0.3) is 0 Å². The molecule has 1 aliphatic rings. The lowest BCUT2D eigenvalue weighted by Gasteiger charge is -2.31. The second kappa shape index (κ2) is 12.0. The number of benzene rings is 3. The number of carbonyl (C=O) groups excluding carboxylic acids is 1. The minimum Gasteiger partial charge on any atom is -0.384 e. The van der Waals surface area contributed by atoms with Crippen LogP contribution in [0.5, 0.6) is 0 Å². The third-order valence-electron chi connectivity index (χ3n) is 6.48. The van der Waals surface area contributed by atoms with Gasteiger partial charge in [-0.3, -0.25) is 4.79 Å². The first-order valence-corrected chi connectivity index (χ1v) is 12.8. The van der Waals surface area contributed by atoms with Gasteiger partial charge >= 0.3 is 0 Å². The first-order valence-electron chi connectivity index (χ1n) is 12.8. The zero-order valence-electron chi connectivity index (χ0n) is 22.0. The van der Waals surface area contributed by atoms with Crippen molar-refractivity contribution in [3.05, 3.63) is 89.0 Å². The molecule has 5 heteroatoms. The third kappa shape index (κ3) is 6.84. The van der Waals surface area contributed by atoms with Crippen LogP contribution in [0.4, 0.5) is 11.4 Å². The fraction of sp³-hybridized carbons (Fsp3) is 0.323. The van der Waals surface area contributed by atoms with E-state index in [4.69, 9.17) is 0 Å². The van der Waals surface area contributed by atoms with Crippen molar-refractivity contribution in [3.63, 3.8) is 0 Å². The van der Waals surface area contributed by atoms with Gasteiger partial charge in [-0.15, -0.1) is 0 Å². The molecular weight excluding hydrogens is 444 g/mol. The molecule has 1 aliphatic heterocycles. The third-order valence-corrected chi connectivity index (χ3v) is 6.48. The van der Waals surface area contributed by atoms with Crippen LogP contribution in [0.3, 0.4) is 0 Å². The van der Waals surface area contributed by atoms with E-state index in [1.807, 2.05) is 18.2 Å². The molecule has 1 fully saturated rings. The SMILES string of the molecule is Cc1cc(C)cc(-c2ccc(N3CCNCC3)c(C(=O)/C=C/c3cccc(NCCN(C)C)c3)c2)c1. The van der Waals surface area contributed by atoms with Gasteiger partial charge in [0.1, 0.15) is 0 Å². The molecule has 4 rings (SSSR count). The number of nitrogens with zero attached hydrogens (tertiary/aromatic N) is 2. The molecule has 1 saturated heterocycles. The molecule has 0 bridgehead atoms. The summed E-state index contributed by atoms with van der Waals surface area (Å²) in [6, 6.07) is 21.1. The van der Waals surface area contributed by atoms with Crippen LogP contribution in [0, 0.1) is 13.8 Å². The van der Waals surface area contributed by atoms with Crippen LogP contribution in [0.15, 0.2) is 66.7 Å². The van der Waals surface area contributed by atoms with Crippen molar-refractivity contribution in [1.29, 1.82) is 0 Å². The predicted octanol–water partition coefficient (Wildman–Crippen LogP) is 5.25. The summed E-state index contributed by atoms with van der Waals surface area (Å²) in [4.78, 5) is 18.0. The molecule has 5 nitrogen and oxygen atoms in total. The lowest BCUT2D eigenvalue weighted by molar-refractivity contribution is 0.104. The zero-order chi connectivity index (χ0) is 25.5. The Morgan fingerprint density at radius 2 is 1.72 bits per heavy atom. The van der Waals surface area contributed by atoms with Gasteiger partial charge in [0, 0.05) is 56.2 Å². The Hall–Kier alpha value is -3.41.